The third kappa shape index (κ3) is 8.19. The SMILES string of the molecule is CCOC(=O)NC1=Nc2ccc(OCCCC(=O)N(C)C3CCCCC3)cc2CN1C(C=O)OC1CCCCC1. The van der Waals surface area contributed by atoms with Crippen molar-refractivity contribution in [3.8, 4) is 5.75 Å². The summed E-state index contributed by atoms with van der Waals surface area (Å²) >= 11 is 0. The van der Waals surface area contributed by atoms with E-state index in [1.54, 1.807) is 11.8 Å². The number of carbonyl (C=O) groups is 3. The molecular weight excluding hydrogens is 512 g/mol. The number of nitrogens with zero attached hydrogens (tertiary/aromatic N) is 3. The number of hydrogen-bond donors (Lipinski definition) is 1. The summed E-state index contributed by atoms with van der Waals surface area (Å²) in [5.41, 5.74) is 1.51. The molecule has 1 aromatic carbocycles. The van der Waals surface area contributed by atoms with Crippen molar-refractivity contribution >= 4 is 29.9 Å². The number of rotatable bonds is 11. The van der Waals surface area contributed by atoms with Crippen LogP contribution in [0.3, 0.4) is 0 Å². The Labute approximate surface area is 237 Å². The quantitative estimate of drug-likeness (QED) is 0.300. The average molecular weight is 557 g/mol. The van der Waals surface area contributed by atoms with E-state index < -0.39 is 12.3 Å². The zero-order chi connectivity index (χ0) is 28.3. The summed E-state index contributed by atoms with van der Waals surface area (Å²) in [4.78, 5) is 45.2. The molecule has 0 aromatic heterocycles. The molecule has 0 spiro atoms. The van der Waals surface area contributed by atoms with Crippen LogP contribution < -0.4 is 10.1 Å². The summed E-state index contributed by atoms with van der Waals surface area (Å²) in [5.74, 6) is 1.05. The smallest absolute Gasteiger partial charge is 0.413 e. The Hall–Kier alpha value is -3.14. The molecule has 0 bridgehead atoms. The van der Waals surface area contributed by atoms with Crippen LogP contribution >= 0.6 is 0 Å². The summed E-state index contributed by atoms with van der Waals surface area (Å²) in [6.45, 7) is 2.67. The van der Waals surface area contributed by atoms with E-state index >= 15 is 0 Å². The van der Waals surface area contributed by atoms with Crippen molar-refractivity contribution in [2.24, 2.45) is 4.99 Å². The van der Waals surface area contributed by atoms with E-state index in [1.807, 2.05) is 30.1 Å². The first-order valence-electron chi connectivity index (χ1n) is 14.9. The predicted octanol–water partition coefficient (Wildman–Crippen LogP) is 5.06. The second-order valence-corrected chi connectivity index (χ2v) is 10.9. The fraction of sp³-hybridized carbons (Fsp3) is 0.667. The summed E-state index contributed by atoms with van der Waals surface area (Å²) < 4.78 is 17.2. The van der Waals surface area contributed by atoms with Crippen LogP contribution in [0.5, 0.6) is 5.75 Å². The first kappa shape index (κ1) is 29.8. The fourth-order valence-corrected chi connectivity index (χ4v) is 5.73. The Balaban J connectivity index is 1.38. The number of amides is 2. The Morgan fingerprint density at radius 2 is 1.85 bits per heavy atom. The third-order valence-corrected chi connectivity index (χ3v) is 8.01. The highest BCUT2D eigenvalue weighted by molar-refractivity contribution is 5.97. The number of fused-ring (bicyclic) bond motifs is 1. The maximum atomic E-state index is 12.6. The number of hydrogen-bond acceptors (Lipinski definition) is 8. The predicted molar refractivity (Wildman–Crippen MR) is 151 cm³/mol. The van der Waals surface area contributed by atoms with Gasteiger partial charge >= 0.3 is 6.09 Å². The number of guanidine groups is 1. The van der Waals surface area contributed by atoms with Gasteiger partial charge in [0.25, 0.3) is 0 Å². The third-order valence-electron chi connectivity index (χ3n) is 8.01. The summed E-state index contributed by atoms with van der Waals surface area (Å²) in [7, 11) is 1.92. The first-order chi connectivity index (χ1) is 19.5. The van der Waals surface area contributed by atoms with Gasteiger partial charge in [-0.1, -0.05) is 38.5 Å². The Morgan fingerprint density at radius 1 is 1.12 bits per heavy atom. The molecule has 220 valence electrons. The van der Waals surface area contributed by atoms with Crippen molar-refractivity contribution in [2.45, 2.75) is 109 Å². The number of aliphatic imine (C=N–C) groups is 1. The minimum atomic E-state index is -0.895. The van der Waals surface area contributed by atoms with Gasteiger partial charge in [0.15, 0.2) is 12.5 Å². The lowest BCUT2D eigenvalue weighted by Gasteiger charge is -2.36. The van der Waals surface area contributed by atoms with Gasteiger partial charge in [0.1, 0.15) is 5.75 Å². The van der Waals surface area contributed by atoms with Gasteiger partial charge < -0.3 is 24.0 Å². The van der Waals surface area contributed by atoms with E-state index in [4.69, 9.17) is 14.2 Å². The first-order valence-corrected chi connectivity index (χ1v) is 14.9. The molecule has 0 saturated heterocycles. The van der Waals surface area contributed by atoms with Crippen LogP contribution in [0, 0.1) is 0 Å². The molecule has 1 atom stereocenters. The van der Waals surface area contributed by atoms with Crippen molar-refractivity contribution < 1.29 is 28.6 Å². The average Bonchev–Trinajstić information content (AvgIpc) is 2.98. The second kappa shape index (κ2) is 15.0. The van der Waals surface area contributed by atoms with Gasteiger partial charge in [-0.05, 0) is 57.2 Å². The van der Waals surface area contributed by atoms with Crippen LogP contribution in [0.25, 0.3) is 0 Å². The van der Waals surface area contributed by atoms with Gasteiger partial charge in [0, 0.05) is 25.1 Å². The zero-order valence-electron chi connectivity index (χ0n) is 23.9. The lowest BCUT2D eigenvalue weighted by Crippen LogP contribution is -2.52. The van der Waals surface area contributed by atoms with Crippen LogP contribution in [0.4, 0.5) is 10.5 Å². The highest BCUT2D eigenvalue weighted by Gasteiger charge is 2.31. The summed E-state index contributed by atoms with van der Waals surface area (Å²) in [5, 5.41) is 2.67. The van der Waals surface area contributed by atoms with Crippen molar-refractivity contribution in [2.75, 3.05) is 20.3 Å². The van der Waals surface area contributed by atoms with Gasteiger partial charge in [0.2, 0.25) is 11.9 Å². The van der Waals surface area contributed by atoms with Crippen LogP contribution in [-0.2, 0) is 25.6 Å². The van der Waals surface area contributed by atoms with Gasteiger partial charge in [-0.25, -0.2) is 9.79 Å². The molecule has 3 aliphatic rings. The molecule has 4 rings (SSSR count). The summed E-state index contributed by atoms with van der Waals surface area (Å²) in [6.07, 6.45) is 11.3. The molecule has 2 saturated carbocycles. The highest BCUT2D eigenvalue weighted by Crippen LogP contribution is 2.32. The standard InChI is InChI=1S/C30H44N4O6/c1-3-38-30(37)32-29-31-26-17-16-25(39-18-10-15-27(36)33(2)23-11-6-4-7-12-23)19-22(26)20-34(29)28(21-35)40-24-13-8-5-9-14-24/h16-17,19,21,23-24,28H,3-15,18,20H2,1-2H3,(H,31,32,37). The normalized spacial score (nSPS) is 18.8. The van der Waals surface area contributed by atoms with Gasteiger partial charge in [0.05, 0.1) is 31.5 Å². The molecule has 40 heavy (non-hydrogen) atoms. The monoisotopic (exact) mass is 556 g/mol. The van der Waals surface area contributed by atoms with E-state index in [-0.39, 0.29) is 24.6 Å². The molecule has 1 unspecified atom stereocenters. The van der Waals surface area contributed by atoms with Crippen molar-refractivity contribution in [1.29, 1.82) is 0 Å². The molecule has 1 aromatic rings. The van der Waals surface area contributed by atoms with Crippen LogP contribution in [0.15, 0.2) is 23.2 Å². The zero-order valence-corrected chi connectivity index (χ0v) is 23.9. The van der Waals surface area contributed by atoms with Gasteiger partial charge in [-0.3, -0.25) is 14.9 Å². The number of alkyl carbamates (subject to hydrolysis) is 1. The van der Waals surface area contributed by atoms with Gasteiger partial charge in [-0.15, -0.1) is 0 Å². The molecule has 0 radical (unpaired) electrons. The van der Waals surface area contributed by atoms with Crippen LogP contribution in [0.1, 0.15) is 89.5 Å². The van der Waals surface area contributed by atoms with Crippen LogP contribution in [-0.4, -0.2) is 72.7 Å². The molecule has 2 amide bonds. The second-order valence-electron chi connectivity index (χ2n) is 10.9. The van der Waals surface area contributed by atoms with Crippen molar-refractivity contribution in [1.82, 2.24) is 15.1 Å². The fourth-order valence-electron chi connectivity index (χ4n) is 5.73. The number of carbonyl (C=O) groups excluding carboxylic acids is 3. The number of benzene rings is 1. The number of ether oxygens (including phenoxy) is 3. The summed E-state index contributed by atoms with van der Waals surface area (Å²) in [6, 6.07) is 5.91. The topological polar surface area (TPSA) is 110 Å². The molecule has 1 aliphatic heterocycles. The van der Waals surface area contributed by atoms with E-state index in [0.29, 0.717) is 43.5 Å². The van der Waals surface area contributed by atoms with Gasteiger partial charge in [-0.2, -0.15) is 0 Å². The minimum absolute atomic E-state index is 0.0104. The van der Waals surface area contributed by atoms with Crippen LogP contribution in [0.2, 0.25) is 0 Å². The number of aldehydes is 1. The van der Waals surface area contributed by atoms with E-state index in [2.05, 4.69) is 10.3 Å². The Bertz CT molecular complexity index is 1040. The Kier molecular flexibility index (Phi) is 11.2. The molecular formula is C30H44N4O6. The largest absolute Gasteiger partial charge is 0.494 e. The molecule has 1 N–H and O–H groups in total. The maximum absolute atomic E-state index is 12.6. The molecule has 10 nitrogen and oxygen atoms in total. The van der Waals surface area contributed by atoms with Crippen molar-refractivity contribution in [3.63, 3.8) is 0 Å². The molecule has 2 fully saturated rings. The lowest BCUT2D eigenvalue weighted by molar-refractivity contribution is -0.136. The van der Waals surface area contributed by atoms with E-state index in [0.717, 1.165) is 50.4 Å². The highest BCUT2D eigenvalue weighted by atomic mass is 16.5. The molecule has 10 heteroatoms. The molecule has 2 aliphatic carbocycles. The molecule has 1 heterocycles. The lowest BCUT2D eigenvalue weighted by atomic mass is 9.94. The maximum Gasteiger partial charge on any atom is 0.413 e. The minimum Gasteiger partial charge on any atom is -0.494 e. The Morgan fingerprint density at radius 3 is 2.55 bits per heavy atom. The van der Waals surface area contributed by atoms with E-state index in [9.17, 15) is 14.4 Å². The van der Waals surface area contributed by atoms with Crippen molar-refractivity contribution in [3.05, 3.63) is 23.8 Å². The number of nitrogens with one attached hydrogen (secondary N) is 1. The van der Waals surface area contributed by atoms with E-state index in [1.165, 1.54) is 25.7 Å².